The van der Waals surface area contributed by atoms with E-state index in [4.69, 9.17) is 0 Å². The van der Waals surface area contributed by atoms with Crippen LogP contribution in [0.1, 0.15) is 64.9 Å². The second-order valence-electron chi connectivity index (χ2n) is 6.29. The van der Waals surface area contributed by atoms with E-state index in [0.29, 0.717) is 18.9 Å². The zero-order valence-corrected chi connectivity index (χ0v) is 14.9. The molecule has 2 amide bonds. The molecular formula is C19H30N2O2. The van der Waals surface area contributed by atoms with Crippen LogP contribution in [-0.2, 0) is 9.59 Å². The lowest BCUT2D eigenvalue weighted by molar-refractivity contribution is -0.129. The number of nitrogens with zero attached hydrogens (tertiary/aromatic N) is 1. The first-order chi connectivity index (χ1) is 10.9. The Morgan fingerprint density at radius 3 is 2.26 bits per heavy atom. The van der Waals surface area contributed by atoms with Crippen molar-refractivity contribution in [2.24, 2.45) is 0 Å². The molecule has 23 heavy (non-hydrogen) atoms. The molecule has 1 aromatic rings. The van der Waals surface area contributed by atoms with E-state index < -0.39 is 0 Å². The van der Waals surface area contributed by atoms with Gasteiger partial charge in [0.15, 0.2) is 0 Å². The predicted molar refractivity (Wildman–Crippen MR) is 95.6 cm³/mol. The highest BCUT2D eigenvalue weighted by Crippen LogP contribution is 2.17. The zero-order chi connectivity index (χ0) is 17.2. The Hall–Kier alpha value is -1.84. The number of hydrogen-bond donors (Lipinski definition) is 1. The molecule has 0 saturated carbocycles. The highest BCUT2D eigenvalue weighted by Gasteiger charge is 2.11. The van der Waals surface area contributed by atoms with Crippen LogP contribution in [0.25, 0.3) is 0 Å². The maximum atomic E-state index is 12.0. The summed E-state index contributed by atoms with van der Waals surface area (Å²) >= 11 is 0. The van der Waals surface area contributed by atoms with Crippen molar-refractivity contribution < 1.29 is 9.59 Å². The topological polar surface area (TPSA) is 49.4 Å². The quantitative estimate of drug-likeness (QED) is 0.694. The van der Waals surface area contributed by atoms with Crippen molar-refractivity contribution in [3.8, 4) is 0 Å². The monoisotopic (exact) mass is 318 g/mol. The van der Waals surface area contributed by atoms with Crippen LogP contribution in [0.2, 0.25) is 0 Å². The molecule has 0 unspecified atom stereocenters. The van der Waals surface area contributed by atoms with Crippen LogP contribution >= 0.6 is 0 Å². The van der Waals surface area contributed by atoms with Crippen molar-refractivity contribution in [2.75, 3.05) is 18.4 Å². The highest BCUT2D eigenvalue weighted by atomic mass is 16.2. The van der Waals surface area contributed by atoms with E-state index in [0.717, 1.165) is 31.5 Å². The molecule has 1 aromatic carbocycles. The van der Waals surface area contributed by atoms with Gasteiger partial charge in [-0.05, 0) is 30.0 Å². The number of unbranched alkanes of at least 4 members (excludes halogenated alkanes) is 2. The van der Waals surface area contributed by atoms with E-state index in [1.807, 2.05) is 24.3 Å². The van der Waals surface area contributed by atoms with E-state index in [1.165, 1.54) is 5.56 Å². The molecule has 0 aromatic heterocycles. The lowest BCUT2D eigenvalue weighted by Gasteiger charge is -2.20. The number of carbonyl (C=O) groups excluding carboxylic acids is 2. The Kier molecular flexibility index (Phi) is 8.38. The summed E-state index contributed by atoms with van der Waals surface area (Å²) < 4.78 is 0. The Morgan fingerprint density at radius 1 is 1.09 bits per heavy atom. The van der Waals surface area contributed by atoms with E-state index in [1.54, 1.807) is 11.8 Å². The Labute approximate surface area is 140 Å². The molecule has 0 radical (unpaired) electrons. The number of amides is 2. The Balaban J connectivity index is 2.43. The summed E-state index contributed by atoms with van der Waals surface area (Å²) in [5.41, 5.74) is 2.06. The highest BCUT2D eigenvalue weighted by molar-refractivity contribution is 5.91. The molecule has 0 heterocycles. The molecule has 4 nitrogen and oxygen atoms in total. The number of carbonyl (C=O) groups is 2. The van der Waals surface area contributed by atoms with Crippen molar-refractivity contribution in [1.29, 1.82) is 0 Å². The molecule has 1 N–H and O–H groups in total. The smallest absolute Gasteiger partial charge is 0.226 e. The number of nitrogens with one attached hydrogen (secondary N) is 1. The minimum Gasteiger partial charge on any atom is -0.342 e. The number of anilines is 1. The summed E-state index contributed by atoms with van der Waals surface area (Å²) in [6.07, 6.45) is 3.56. The van der Waals surface area contributed by atoms with Crippen LogP contribution in [0, 0.1) is 0 Å². The lowest BCUT2D eigenvalue weighted by Crippen LogP contribution is -2.32. The summed E-state index contributed by atoms with van der Waals surface area (Å²) in [5.74, 6) is 0.464. The van der Waals surface area contributed by atoms with Gasteiger partial charge in [-0.25, -0.2) is 0 Å². The second kappa shape index (κ2) is 10.0. The summed E-state index contributed by atoms with van der Waals surface area (Å²) in [6, 6.07) is 7.92. The summed E-state index contributed by atoms with van der Waals surface area (Å²) in [7, 11) is 0. The van der Waals surface area contributed by atoms with Gasteiger partial charge in [-0.1, -0.05) is 45.7 Å². The summed E-state index contributed by atoms with van der Waals surface area (Å²) in [4.78, 5) is 25.4. The SMILES string of the molecule is CCCCCN(CCC(=O)Nc1ccc(C(C)C)cc1)C(C)=O. The fourth-order valence-corrected chi connectivity index (χ4v) is 2.39. The lowest BCUT2D eigenvalue weighted by atomic mass is 10.0. The first-order valence-corrected chi connectivity index (χ1v) is 8.59. The van der Waals surface area contributed by atoms with Crippen molar-refractivity contribution in [3.05, 3.63) is 29.8 Å². The van der Waals surface area contributed by atoms with Crippen molar-refractivity contribution >= 4 is 17.5 Å². The van der Waals surface area contributed by atoms with Gasteiger partial charge in [-0.2, -0.15) is 0 Å². The average molecular weight is 318 g/mol. The van der Waals surface area contributed by atoms with E-state index >= 15 is 0 Å². The third-order valence-electron chi connectivity index (χ3n) is 3.95. The second-order valence-corrected chi connectivity index (χ2v) is 6.29. The maximum Gasteiger partial charge on any atom is 0.226 e. The zero-order valence-electron chi connectivity index (χ0n) is 14.9. The molecule has 0 atom stereocenters. The van der Waals surface area contributed by atoms with Gasteiger partial charge >= 0.3 is 0 Å². The first kappa shape index (κ1) is 19.2. The average Bonchev–Trinajstić information content (AvgIpc) is 2.50. The van der Waals surface area contributed by atoms with Gasteiger partial charge in [0.2, 0.25) is 11.8 Å². The maximum absolute atomic E-state index is 12.0. The fraction of sp³-hybridized carbons (Fsp3) is 0.579. The fourth-order valence-electron chi connectivity index (χ4n) is 2.39. The third kappa shape index (κ3) is 7.31. The predicted octanol–water partition coefficient (Wildman–Crippen LogP) is 4.18. The van der Waals surface area contributed by atoms with Gasteiger partial charge in [0, 0.05) is 32.1 Å². The molecule has 0 saturated heterocycles. The van der Waals surface area contributed by atoms with Crippen LogP contribution in [0.4, 0.5) is 5.69 Å². The Morgan fingerprint density at radius 2 is 1.74 bits per heavy atom. The molecule has 0 fully saturated rings. The number of hydrogen-bond acceptors (Lipinski definition) is 2. The molecule has 128 valence electrons. The van der Waals surface area contributed by atoms with Gasteiger partial charge in [0.05, 0.1) is 0 Å². The molecule has 0 spiro atoms. The summed E-state index contributed by atoms with van der Waals surface area (Å²) in [6.45, 7) is 9.20. The van der Waals surface area contributed by atoms with Crippen LogP contribution in [0.3, 0.4) is 0 Å². The van der Waals surface area contributed by atoms with Crippen molar-refractivity contribution in [1.82, 2.24) is 4.90 Å². The minimum absolute atomic E-state index is 0.0372. The van der Waals surface area contributed by atoms with Crippen LogP contribution < -0.4 is 5.32 Å². The standard InChI is InChI=1S/C19H30N2O2/c1-5-6-7-13-21(16(4)22)14-12-19(23)20-18-10-8-17(9-11-18)15(2)3/h8-11,15H,5-7,12-14H2,1-4H3,(H,20,23). The van der Waals surface area contributed by atoms with Gasteiger partial charge in [0.25, 0.3) is 0 Å². The van der Waals surface area contributed by atoms with Crippen molar-refractivity contribution in [2.45, 2.75) is 59.3 Å². The summed E-state index contributed by atoms with van der Waals surface area (Å²) in [5, 5.41) is 2.89. The molecule has 0 bridgehead atoms. The van der Waals surface area contributed by atoms with E-state index in [9.17, 15) is 9.59 Å². The van der Waals surface area contributed by atoms with Crippen LogP contribution in [0.5, 0.6) is 0 Å². The van der Waals surface area contributed by atoms with Gasteiger partial charge in [0.1, 0.15) is 0 Å². The van der Waals surface area contributed by atoms with E-state index in [2.05, 4.69) is 26.1 Å². The van der Waals surface area contributed by atoms with E-state index in [-0.39, 0.29) is 11.8 Å². The molecule has 0 aliphatic carbocycles. The molecule has 0 aliphatic heterocycles. The molecule has 1 rings (SSSR count). The normalized spacial score (nSPS) is 10.7. The van der Waals surface area contributed by atoms with Crippen molar-refractivity contribution in [3.63, 3.8) is 0 Å². The van der Waals surface area contributed by atoms with Gasteiger partial charge in [-0.15, -0.1) is 0 Å². The van der Waals surface area contributed by atoms with Gasteiger partial charge in [-0.3, -0.25) is 9.59 Å². The number of benzene rings is 1. The minimum atomic E-state index is -0.0518. The van der Waals surface area contributed by atoms with Gasteiger partial charge < -0.3 is 10.2 Å². The molecular weight excluding hydrogens is 288 g/mol. The first-order valence-electron chi connectivity index (χ1n) is 8.59. The van der Waals surface area contributed by atoms with Crippen LogP contribution in [0.15, 0.2) is 24.3 Å². The molecule has 4 heteroatoms. The number of rotatable bonds is 9. The molecule has 0 aliphatic rings. The Bertz CT molecular complexity index is 495. The van der Waals surface area contributed by atoms with Crippen LogP contribution in [-0.4, -0.2) is 29.8 Å². The third-order valence-corrected chi connectivity index (χ3v) is 3.95. The largest absolute Gasteiger partial charge is 0.342 e.